The molecule has 0 spiro atoms. The predicted molar refractivity (Wildman–Crippen MR) is 78.5 cm³/mol. The molecule has 1 saturated carbocycles. The monoisotopic (exact) mass is 322 g/mol. The van der Waals surface area contributed by atoms with Crippen LogP contribution in [0.15, 0.2) is 28.7 Å². The molecule has 0 aromatic heterocycles. The van der Waals surface area contributed by atoms with E-state index in [9.17, 15) is 5.11 Å². The van der Waals surface area contributed by atoms with E-state index in [1.165, 1.54) is 12.8 Å². The Kier molecular flexibility index (Phi) is 5.38. The molecule has 0 aliphatic heterocycles. The molecule has 1 aliphatic carbocycles. The molecular weight excluding hydrogens is 304 g/mol. The first-order valence-corrected chi connectivity index (χ1v) is 7.54. The van der Waals surface area contributed by atoms with Gasteiger partial charge in [0.2, 0.25) is 0 Å². The smallest absolute Gasteiger partial charge is 0.0917 e. The lowest BCUT2D eigenvalue weighted by molar-refractivity contribution is 0.0967. The number of aliphatic hydroxyl groups excluding tert-OH is 1. The van der Waals surface area contributed by atoms with Crippen LogP contribution in [0.25, 0.3) is 0 Å². The van der Waals surface area contributed by atoms with E-state index in [-0.39, 0.29) is 0 Å². The molecule has 0 radical (unpaired) electrons. The van der Waals surface area contributed by atoms with Gasteiger partial charge in [-0.05, 0) is 30.5 Å². The van der Waals surface area contributed by atoms with Crippen LogP contribution in [0.5, 0.6) is 0 Å². The average molecular weight is 323 g/mol. The molecule has 1 aromatic rings. The Hall–Kier alpha value is -0.890. The SMILES string of the molecule is N#CCN(CC(O)c1ccc(Br)cc1)C1CCCC1. The molecule has 102 valence electrons. The standard InChI is InChI=1S/C15H19BrN2O/c16-13-7-5-12(6-8-13)15(19)11-18(10-9-17)14-3-1-2-4-14/h5-8,14-15,19H,1-4,10-11H2. The lowest BCUT2D eigenvalue weighted by Gasteiger charge is -2.28. The number of nitriles is 1. The Balaban J connectivity index is 1.99. The van der Waals surface area contributed by atoms with Crippen molar-refractivity contribution < 1.29 is 5.11 Å². The van der Waals surface area contributed by atoms with Crippen LogP contribution in [0.2, 0.25) is 0 Å². The summed E-state index contributed by atoms with van der Waals surface area (Å²) in [6.45, 7) is 0.943. The summed E-state index contributed by atoms with van der Waals surface area (Å²) in [6.07, 6.45) is 4.24. The fourth-order valence-corrected chi connectivity index (χ4v) is 2.98. The third kappa shape index (κ3) is 4.04. The summed E-state index contributed by atoms with van der Waals surface area (Å²) in [5, 5.41) is 19.2. The predicted octanol–water partition coefficient (Wildman–Crippen LogP) is 3.25. The average Bonchev–Trinajstić information content (AvgIpc) is 2.92. The lowest BCUT2D eigenvalue weighted by atomic mass is 10.1. The maximum atomic E-state index is 10.3. The normalized spacial score (nSPS) is 17.6. The van der Waals surface area contributed by atoms with Crippen molar-refractivity contribution in [1.82, 2.24) is 4.90 Å². The number of rotatable bonds is 5. The Morgan fingerprint density at radius 2 is 1.95 bits per heavy atom. The van der Waals surface area contributed by atoms with Crippen molar-refractivity contribution in [3.8, 4) is 6.07 Å². The van der Waals surface area contributed by atoms with E-state index >= 15 is 0 Å². The molecule has 0 heterocycles. The lowest BCUT2D eigenvalue weighted by Crippen LogP contribution is -2.37. The summed E-state index contributed by atoms with van der Waals surface area (Å²) in [7, 11) is 0. The maximum Gasteiger partial charge on any atom is 0.0917 e. The Morgan fingerprint density at radius 3 is 2.53 bits per heavy atom. The molecule has 0 bridgehead atoms. The van der Waals surface area contributed by atoms with Crippen LogP contribution in [0.1, 0.15) is 37.4 Å². The molecule has 3 nitrogen and oxygen atoms in total. The van der Waals surface area contributed by atoms with E-state index in [0.717, 1.165) is 22.9 Å². The largest absolute Gasteiger partial charge is 0.387 e. The van der Waals surface area contributed by atoms with Crippen molar-refractivity contribution in [2.24, 2.45) is 0 Å². The topological polar surface area (TPSA) is 47.3 Å². The van der Waals surface area contributed by atoms with Crippen molar-refractivity contribution in [1.29, 1.82) is 5.26 Å². The molecule has 2 rings (SSSR count). The number of aliphatic hydroxyl groups is 1. The van der Waals surface area contributed by atoms with Crippen LogP contribution in [0.3, 0.4) is 0 Å². The van der Waals surface area contributed by atoms with Crippen LogP contribution in [-0.2, 0) is 0 Å². The van der Waals surface area contributed by atoms with E-state index in [1.54, 1.807) is 0 Å². The molecular formula is C15H19BrN2O. The zero-order valence-electron chi connectivity index (χ0n) is 10.9. The fourth-order valence-electron chi connectivity index (χ4n) is 2.72. The number of halogens is 1. The summed E-state index contributed by atoms with van der Waals surface area (Å²) in [5.41, 5.74) is 0.907. The highest BCUT2D eigenvalue weighted by Gasteiger charge is 2.24. The van der Waals surface area contributed by atoms with Crippen molar-refractivity contribution >= 4 is 15.9 Å². The van der Waals surface area contributed by atoms with E-state index in [1.807, 2.05) is 24.3 Å². The number of nitrogens with zero attached hydrogens (tertiary/aromatic N) is 2. The van der Waals surface area contributed by atoms with Crippen molar-refractivity contribution in [2.45, 2.75) is 37.8 Å². The maximum absolute atomic E-state index is 10.3. The molecule has 0 amide bonds. The summed E-state index contributed by atoms with van der Waals surface area (Å²) in [4.78, 5) is 2.12. The van der Waals surface area contributed by atoms with Gasteiger partial charge in [0, 0.05) is 17.1 Å². The molecule has 1 unspecified atom stereocenters. The van der Waals surface area contributed by atoms with Gasteiger partial charge in [0.05, 0.1) is 18.7 Å². The quantitative estimate of drug-likeness (QED) is 0.846. The fraction of sp³-hybridized carbons (Fsp3) is 0.533. The second-order valence-corrected chi connectivity index (χ2v) is 6.01. The van der Waals surface area contributed by atoms with Crippen LogP contribution in [0.4, 0.5) is 0 Å². The van der Waals surface area contributed by atoms with Gasteiger partial charge in [0.1, 0.15) is 0 Å². The van der Waals surface area contributed by atoms with Gasteiger partial charge in [0.25, 0.3) is 0 Å². The molecule has 1 aromatic carbocycles. The van der Waals surface area contributed by atoms with Crippen molar-refractivity contribution in [2.75, 3.05) is 13.1 Å². The molecule has 1 atom stereocenters. The minimum absolute atomic E-state index is 0.401. The molecule has 1 aliphatic rings. The summed E-state index contributed by atoms with van der Waals surface area (Å²) in [6, 6.07) is 10.4. The Labute approximate surface area is 123 Å². The number of hydrogen-bond donors (Lipinski definition) is 1. The van der Waals surface area contributed by atoms with Gasteiger partial charge in [-0.2, -0.15) is 5.26 Å². The van der Waals surface area contributed by atoms with Gasteiger partial charge in [-0.3, -0.25) is 4.90 Å². The van der Waals surface area contributed by atoms with Crippen LogP contribution in [0, 0.1) is 11.3 Å². The van der Waals surface area contributed by atoms with E-state index in [4.69, 9.17) is 5.26 Å². The number of hydrogen-bond acceptors (Lipinski definition) is 3. The van der Waals surface area contributed by atoms with Crippen LogP contribution < -0.4 is 0 Å². The second kappa shape index (κ2) is 7.04. The van der Waals surface area contributed by atoms with Crippen LogP contribution >= 0.6 is 15.9 Å². The Bertz CT molecular complexity index is 434. The van der Waals surface area contributed by atoms with E-state index in [2.05, 4.69) is 26.9 Å². The van der Waals surface area contributed by atoms with Gasteiger partial charge >= 0.3 is 0 Å². The first kappa shape index (κ1) is 14.5. The third-order valence-corrected chi connectivity index (χ3v) is 4.31. The second-order valence-electron chi connectivity index (χ2n) is 5.09. The molecule has 1 N–H and O–H groups in total. The highest BCUT2D eigenvalue weighted by atomic mass is 79.9. The number of benzene rings is 1. The zero-order valence-corrected chi connectivity index (χ0v) is 12.5. The molecule has 1 fully saturated rings. The summed E-state index contributed by atoms with van der Waals surface area (Å²) < 4.78 is 1.01. The first-order chi connectivity index (χ1) is 9.20. The highest BCUT2D eigenvalue weighted by Crippen LogP contribution is 2.25. The van der Waals surface area contributed by atoms with Gasteiger partial charge in [-0.1, -0.05) is 40.9 Å². The van der Waals surface area contributed by atoms with Gasteiger partial charge < -0.3 is 5.11 Å². The first-order valence-electron chi connectivity index (χ1n) is 6.75. The van der Waals surface area contributed by atoms with Gasteiger partial charge in [-0.25, -0.2) is 0 Å². The van der Waals surface area contributed by atoms with Crippen molar-refractivity contribution in [3.05, 3.63) is 34.3 Å². The molecule has 0 saturated heterocycles. The van der Waals surface area contributed by atoms with E-state index in [0.29, 0.717) is 19.1 Å². The minimum Gasteiger partial charge on any atom is -0.387 e. The molecule has 4 heteroatoms. The van der Waals surface area contributed by atoms with Gasteiger partial charge in [0.15, 0.2) is 0 Å². The summed E-state index contributed by atoms with van der Waals surface area (Å²) in [5.74, 6) is 0. The van der Waals surface area contributed by atoms with E-state index < -0.39 is 6.10 Å². The zero-order chi connectivity index (χ0) is 13.7. The van der Waals surface area contributed by atoms with Gasteiger partial charge in [-0.15, -0.1) is 0 Å². The molecule has 19 heavy (non-hydrogen) atoms. The van der Waals surface area contributed by atoms with Crippen LogP contribution in [-0.4, -0.2) is 29.1 Å². The Morgan fingerprint density at radius 1 is 1.32 bits per heavy atom. The highest BCUT2D eigenvalue weighted by molar-refractivity contribution is 9.10. The van der Waals surface area contributed by atoms with Crippen molar-refractivity contribution in [3.63, 3.8) is 0 Å². The minimum atomic E-state index is -0.526. The third-order valence-electron chi connectivity index (χ3n) is 3.78. The summed E-state index contributed by atoms with van der Waals surface area (Å²) >= 11 is 3.39.